The molecule has 1 saturated heterocycles. The molecule has 0 bridgehead atoms. The van der Waals surface area contributed by atoms with E-state index >= 15 is 0 Å². The average molecular weight is 372 g/mol. The first-order valence-electron chi connectivity index (χ1n) is 9.60. The van der Waals surface area contributed by atoms with Gasteiger partial charge in [0, 0.05) is 25.1 Å². The molecular weight excluding hydrogens is 344 g/mol. The number of carbonyl (C=O) groups excluding carboxylic acids is 3. The molecule has 1 unspecified atom stereocenters. The van der Waals surface area contributed by atoms with Crippen LogP contribution in [0.4, 0.5) is 0 Å². The van der Waals surface area contributed by atoms with Gasteiger partial charge >= 0.3 is 0 Å². The van der Waals surface area contributed by atoms with Crippen molar-refractivity contribution in [3.63, 3.8) is 0 Å². The molecule has 3 rings (SSSR count). The van der Waals surface area contributed by atoms with Crippen molar-refractivity contribution in [2.24, 2.45) is 0 Å². The van der Waals surface area contributed by atoms with E-state index in [9.17, 15) is 14.4 Å². The Bertz CT molecular complexity index is 734. The molecule has 1 aromatic carbocycles. The Morgan fingerprint density at radius 3 is 2.81 bits per heavy atom. The second-order valence-corrected chi connectivity index (χ2v) is 7.39. The zero-order valence-electron chi connectivity index (χ0n) is 16.1. The van der Waals surface area contributed by atoms with Crippen LogP contribution in [0.25, 0.3) is 0 Å². The molecule has 1 aromatic rings. The predicted octanol–water partition coefficient (Wildman–Crippen LogP) is 0.879. The van der Waals surface area contributed by atoms with Crippen LogP contribution in [-0.2, 0) is 22.7 Å². The number of nitrogens with one attached hydrogen (secondary N) is 2. The van der Waals surface area contributed by atoms with E-state index in [1.54, 1.807) is 4.90 Å². The zero-order valence-corrected chi connectivity index (χ0v) is 16.1. The van der Waals surface area contributed by atoms with Crippen molar-refractivity contribution in [2.75, 3.05) is 27.2 Å². The molecule has 1 fully saturated rings. The van der Waals surface area contributed by atoms with Gasteiger partial charge in [-0.05, 0) is 63.6 Å². The monoisotopic (exact) mass is 372 g/mol. The quantitative estimate of drug-likeness (QED) is 0.523. The summed E-state index contributed by atoms with van der Waals surface area (Å²) in [6.45, 7) is 3.23. The maximum Gasteiger partial charge on any atom is 0.255 e. The van der Waals surface area contributed by atoms with Crippen LogP contribution in [0.2, 0.25) is 0 Å². The number of hydrogen-bond acceptors (Lipinski definition) is 5. The second kappa shape index (κ2) is 8.63. The van der Waals surface area contributed by atoms with E-state index in [1.165, 1.54) is 0 Å². The number of nitrogens with zero attached hydrogens (tertiary/aromatic N) is 2. The molecule has 0 radical (unpaired) electrons. The third-order valence-electron chi connectivity index (χ3n) is 5.34. The summed E-state index contributed by atoms with van der Waals surface area (Å²) in [6, 6.07) is 5.24. The highest BCUT2D eigenvalue weighted by molar-refractivity contribution is 6.05. The van der Waals surface area contributed by atoms with Gasteiger partial charge in [-0.15, -0.1) is 0 Å². The van der Waals surface area contributed by atoms with Crippen molar-refractivity contribution in [1.82, 2.24) is 20.4 Å². The number of carbonyl (C=O) groups is 3. The highest BCUT2D eigenvalue weighted by Crippen LogP contribution is 2.30. The summed E-state index contributed by atoms with van der Waals surface area (Å²) < 4.78 is 0. The van der Waals surface area contributed by atoms with E-state index in [1.807, 2.05) is 19.2 Å². The molecule has 146 valence electrons. The number of hydrogen-bond donors (Lipinski definition) is 2. The van der Waals surface area contributed by atoms with E-state index in [2.05, 4.69) is 28.6 Å². The lowest BCUT2D eigenvalue weighted by atomic mass is 10.0. The van der Waals surface area contributed by atoms with Crippen LogP contribution in [-0.4, -0.2) is 60.7 Å². The standard InChI is InChI=1S/C20H28N4O3/c1-21-10-3-4-11-23(2)12-14-6-5-7-15-16(14)13-24(20(15)27)17-8-9-18(25)22-19(17)26/h5-7,17,21H,3-4,8-13H2,1-2H3,(H,22,25,26). The van der Waals surface area contributed by atoms with Crippen LogP contribution < -0.4 is 10.6 Å². The van der Waals surface area contributed by atoms with Gasteiger partial charge in [0.2, 0.25) is 11.8 Å². The normalized spacial score (nSPS) is 19.6. The van der Waals surface area contributed by atoms with Crippen LogP contribution in [0, 0.1) is 0 Å². The van der Waals surface area contributed by atoms with Crippen molar-refractivity contribution in [2.45, 2.75) is 44.8 Å². The first-order chi connectivity index (χ1) is 13.0. The minimum atomic E-state index is -0.560. The van der Waals surface area contributed by atoms with Gasteiger partial charge in [-0.3, -0.25) is 19.7 Å². The molecular formula is C20H28N4O3. The van der Waals surface area contributed by atoms with Gasteiger partial charge in [-0.1, -0.05) is 12.1 Å². The Morgan fingerprint density at radius 2 is 2.07 bits per heavy atom. The van der Waals surface area contributed by atoms with Gasteiger partial charge in [-0.2, -0.15) is 0 Å². The highest BCUT2D eigenvalue weighted by atomic mass is 16.2. The Morgan fingerprint density at radius 1 is 1.26 bits per heavy atom. The van der Waals surface area contributed by atoms with E-state index in [-0.39, 0.29) is 24.1 Å². The summed E-state index contributed by atoms with van der Waals surface area (Å²) in [6.07, 6.45) is 2.92. The lowest BCUT2D eigenvalue weighted by Gasteiger charge is -2.29. The van der Waals surface area contributed by atoms with E-state index in [4.69, 9.17) is 0 Å². The predicted molar refractivity (Wildman–Crippen MR) is 102 cm³/mol. The second-order valence-electron chi connectivity index (χ2n) is 7.39. The molecule has 2 aliphatic heterocycles. The molecule has 7 heteroatoms. The van der Waals surface area contributed by atoms with Crippen LogP contribution in [0.1, 0.15) is 47.2 Å². The molecule has 0 aliphatic carbocycles. The van der Waals surface area contributed by atoms with Crippen molar-refractivity contribution in [3.05, 3.63) is 34.9 Å². The molecule has 7 nitrogen and oxygen atoms in total. The third-order valence-corrected chi connectivity index (χ3v) is 5.34. The summed E-state index contributed by atoms with van der Waals surface area (Å²) in [5.74, 6) is -0.741. The summed E-state index contributed by atoms with van der Waals surface area (Å²) in [7, 11) is 4.05. The number of fused-ring (bicyclic) bond motifs is 1. The summed E-state index contributed by atoms with van der Waals surface area (Å²) in [5.41, 5.74) is 2.82. The number of unbranched alkanes of at least 4 members (excludes halogenated alkanes) is 1. The largest absolute Gasteiger partial charge is 0.322 e. The van der Waals surface area contributed by atoms with Gasteiger partial charge in [-0.25, -0.2) is 0 Å². The topological polar surface area (TPSA) is 81.8 Å². The zero-order chi connectivity index (χ0) is 19.4. The van der Waals surface area contributed by atoms with Gasteiger partial charge in [0.05, 0.1) is 0 Å². The summed E-state index contributed by atoms with van der Waals surface area (Å²) in [4.78, 5) is 40.3. The first-order valence-corrected chi connectivity index (χ1v) is 9.60. The smallest absolute Gasteiger partial charge is 0.255 e. The van der Waals surface area contributed by atoms with Gasteiger partial charge in [0.15, 0.2) is 0 Å². The van der Waals surface area contributed by atoms with Gasteiger partial charge in [0.25, 0.3) is 5.91 Å². The molecule has 2 aliphatic rings. The number of imide groups is 1. The molecule has 1 atom stereocenters. The van der Waals surface area contributed by atoms with Crippen LogP contribution in [0.15, 0.2) is 18.2 Å². The fourth-order valence-corrected chi connectivity index (χ4v) is 3.85. The van der Waals surface area contributed by atoms with E-state index in [0.717, 1.165) is 43.6 Å². The fourth-order valence-electron chi connectivity index (χ4n) is 3.85. The van der Waals surface area contributed by atoms with Crippen molar-refractivity contribution >= 4 is 17.7 Å². The van der Waals surface area contributed by atoms with E-state index in [0.29, 0.717) is 18.5 Å². The van der Waals surface area contributed by atoms with Crippen LogP contribution in [0.5, 0.6) is 0 Å². The van der Waals surface area contributed by atoms with Crippen molar-refractivity contribution < 1.29 is 14.4 Å². The minimum absolute atomic E-state index is 0.113. The third kappa shape index (κ3) is 4.36. The molecule has 27 heavy (non-hydrogen) atoms. The molecule has 2 N–H and O–H groups in total. The Labute approximate surface area is 160 Å². The Kier molecular flexibility index (Phi) is 6.23. The lowest BCUT2D eigenvalue weighted by molar-refractivity contribution is -0.136. The Hall–Kier alpha value is -2.25. The number of piperidine rings is 1. The van der Waals surface area contributed by atoms with E-state index < -0.39 is 6.04 Å². The summed E-state index contributed by atoms with van der Waals surface area (Å²) in [5, 5.41) is 5.51. The van der Waals surface area contributed by atoms with Crippen LogP contribution in [0.3, 0.4) is 0 Å². The fraction of sp³-hybridized carbons (Fsp3) is 0.550. The number of rotatable bonds is 8. The molecule has 0 spiro atoms. The highest BCUT2D eigenvalue weighted by Gasteiger charge is 2.39. The maximum absolute atomic E-state index is 12.8. The average Bonchev–Trinajstić information content (AvgIpc) is 2.97. The van der Waals surface area contributed by atoms with Crippen LogP contribution >= 0.6 is 0 Å². The number of amides is 3. The van der Waals surface area contributed by atoms with Gasteiger partial charge < -0.3 is 15.1 Å². The number of benzene rings is 1. The first kappa shape index (κ1) is 19.5. The van der Waals surface area contributed by atoms with Gasteiger partial charge in [0.1, 0.15) is 6.04 Å². The molecule has 2 heterocycles. The minimum Gasteiger partial charge on any atom is -0.322 e. The summed E-state index contributed by atoms with van der Waals surface area (Å²) >= 11 is 0. The lowest BCUT2D eigenvalue weighted by Crippen LogP contribution is -2.52. The molecule has 0 saturated carbocycles. The van der Waals surface area contributed by atoms with Crippen molar-refractivity contribution in [1.29, 1.82) is 0 Å². The Balaban J connectivity index is 1.68. The molecule has 0 aromatic heterocycles. The SMILES string of the molecule is CNCCCCN(C)Cc1cccc2c1CN(C1CCC(=O)NC1=O)C2=O. The van der Waals surface area contributed by atoms with Crippen molar-refractivity contribution in [3.8, 4) is 0 Å². The maximum atomic E-state index is 12.8. The molecule has 3 amide bonds.